The molecule has 0 N–H and O–H groups in total. The fraction of sp³-hybridized carbons (Fsp3) is 0. The molecule has 10 aromatic rings. The molecule has 4 heteroatoms. The Labute approximate surface area is 319 Å². The molecule has 0 atom stereocenters. The van der Waals surface area contributed by atoms with Crippen LogP contribution in [0.2, 0.25) is 0 Å². The van der Waals surface area contributed by atoms with E-state index in [4.69, 9.17) is 15.0 Å². The number of hydrogen-bond acceptors (Lipinski definition) is 3. The van der Waals surface area contributed by atoms with Gasteiger partial charge in [-0.2, -0.15) is 0 Å². The van der Waals surface area contributed by atoms with Crippen LogP contribution < -0.4 is 0 Å². The molecule has 2 aromatic heterocycles. The van der Waals surface area contributed by atoms with Crippen molar-refractivity contribution in [1.29, 1.82) is 0 Å². The third kappa shape index (κ3) is 6.06. The summed E-state index contributed by atoms with van der Waals surface area (Å²) in [6.45, 7) is 0. The predicted octanol–water partition coefficient (Wildman–Crippen LogP) is 13.0. The minimum Gasteiger partial charge on any atom is -0.309 e. The first-order chi connectivity index (χ1) is 27.3. The Hall–Kier alpha value is -7.43. The van der Waals surface area contributed by atoms with Crippen LogP contribution >= 0.6 is 0 Å². The van der Waals surface area contributed by atoms with Gasteiger partial charge in [0.2, 0.25) is 0 Å². The molecule has 4 nitrogen and oxygen atoms in total. The Kier molecular flexibility index (Phi) is 8.12. The molecule has 10 rings (SSSR count). The van der Waals surface area contributed by atoms with Gasteiger partial charge in [0.25, 0.3) is 0 Å². The molecule has 0 aliphatic carbocycles. The van der Waals surface area contributed by atoms with E-state index in [1.807, 2.05) is 36.4 Å². The zero-order chi connectivity index (χ0) is 36.6. The number of aromatic nitrogens is 4. The van der Waals surface area contributed by atoms with Gasteiger partial charge in [-0.05, 0) is 64.2 Å². The van der Waals surface area contributed by atoms with Crippen LogP contribution in [0, 0.1) is 0 Å². The largest absolute Gasteiger partial charge is 0.309 e. The summed E-state index contributed by atoms with van der Waals surface area (Å²) in [5.41, 5.74) is 13.0. The summed E-state index contributed by atoms with van der Waals surface area (Å²) in [7, 11) is 0. The van der Waals surface area contributed by atoms with Crippen molar-refractivity contribution in [2.45, 2.75) is 0 Å². The summed E-state index contributed by atoms with van der Waals surface area (Å²) < 4.78 is 2.41. The number of hydrogen-bond donors (Lipinski definition) is 0. The lowest BCUT2D eigenvalue weighted by atomic mass is 9.99. The van der Waals surface area contributed by atoms with Gasteiger partial charge < -0.3 is 4.57 Å². The third-order valence-corrected chi connectivity index (χ3v) is 10.3. The van der Waals surface area contributed by atoms with E-state index >= 15 is 0 Å². The van der Waals surface area contributed by atoms with Gasteiger partial charge in [-0.25, -0.2) is 15.0 Å². The van der Waals surface area contributed by atoms with Gasteiger partial charge in [-0.1, -0.05) is 170 Å². The summed E-state index contributed by atoms with van der Waals surface area (Å²) in [5, 5.41) is 2.43. The van der Waals surface area contributed by atoms with E-state index in [1.54, 1.807) is 0 Å². The monoisotopic (exact) mass is 702 g/mol. The summed E-state index contributed by atoms with van der Waals surface area (Å²) in [4.78, 5) is 15.3. The van der Waals surface area contributed by atoms with Gasteiger partial charge in [-0.3, -0.25) is 0 Å². The zero-order valence-electron chi connectivity index (χ0n) is 29.9. The molecule has 0 fully saturated rings. The Morgan fingerprint density at radius 1 is 0.273 bits per heavy atom. The Bertz CT molecular complexity index is 2950. The van der Waals surface area contributed by atoms with Crippen LogP contribution in [0.15, 0.2) is 206 Å². The first kappa shape index (κ1) is 32.2. The predicted molar refractivity (Wildman–Crippen MR) is 227 cm³/mol. The van der Waals surface area contributed by atoms with E-state index < -0.39 is 0 Å². The molecule has 0 spiro atoms. The summed E-state index contributed by atoms with van der Waals surface area (Å²) >= 11 is 0. The first-order valence-electron chi connectivity index (χ1n) is 18.5. The molecule has 258 valence electrons. The van der Waals surface area contributed by atoms with E-state index in [2.05, 4.69) is 174 Å². The fourth-order valence-corrected chi connectivity index (χ4v) is 7.58. The van der Waals surface area contributed by atoms with Gasteiger partial charge in [0.15, 0.2) is 17.5 Å². The SMILES string of the molecule is c1ccc(-c2cccc(-c3nc(-c4ccccc4)nc(-c4ccc(-n5c6ccccc6c6ccc(-c7ccccc7)cc65)c(-c5ccccc5)c4)n3)c2)cc1. The van der Waals surface area contributed by atoms with Gasteiger partial charge in [0.05, 0.1) is 16.7 Å². The van der Waals surface area contributed by atoms with Gasteiger partial charge in [0.1, 0.15) is 0 Å². The normalized spacial score (nSPS) is 11.3. The van der Waals surface area contributed by atoms with E-state index in [0.29, 0.717) is 17.5 Å². The van der Waals surface area contributed by atoms with Crippen LogP contribution in [0.25, 0.3) is 95.0 Å². The number of fused-ring (bicyclic) bond motifs is 3. The number of rotatable bonds is 7. The lowest BCUT2D eigenvalue weighted by molar-refractivity contribution is 1.07. The second-order valence-electron chi connectivity index (χ2n) is 13.7. The summed E-state index contributed by atoms with van der Waals surface area (Å²) in [6, 6.07) is 72.3. The highest BCUT2D eigenvalue weighted by molar-refractivity contribution is 6.10. The standard InChI is InChI=1S/C51H34N4/c1-5-16-35(17-6-1)39-24-15-25-41(32-39)50-52-49(38-22-11-4-12-23-38)53-51(54-50)42-29-31-47(45(33-42)37-20-9-3-10-21-37)55-46-27-14-13-26-43(46)44-30-28-40(34-48(44)55)36-18-7-2-8-19-36/h1-34H. The Morgan fingerprint density at radius 2 is 0.727 bits per heavy atom. The molecule has 0 aliphatic rings. The smallest absolute Gasteiger partial charge is 0.164 e. The highest BCUT2D eigenvalue weighted by Crippen LogP contribution is 2.39. The summed E-state index contributed by atoms with van der Waals surface area (Å²) in [5.74, 6) is 1.88. The molecule has 0 aliphatic heterocycles. The van der Waals surface area contributed by atoms with Crippen molar-refractivity contribution < 1.29 is 0 Å². The molecule has 0 unspecified atom stereocenters. The van der Waals surface area contributed by atoms with Crippen LogP contribution in [-0.4, -0.2) is 19.5 Å². The second-order valence-corrected chi connectivity index (χ2v) is 13.7. The van der Waals surface area contributed by atoms with Crippen molar-refractivity contribution in [3.63, 3.8) is 0 Å². The zero-order valence-corrected chi connectivity index (χ0v) is 29.9. The molecule has 0 bridgehead atoms. The average Bonchev–Trinajstić information content (AvgIpc) is 3.61. The number of benzene rings is 8. The van der Waals surface area contributed by atoms with Gasteiger partial charge in [-0.15, -0.1) is 0 Å². The maximum Gasteiger partial charge on any atom is 0.164 e. The minimum absolute atomic E-state index is 0.617. The highest BCUT2D eigenvalue weighted by Gasteiger charge is 2.19. The van der Waals surface area contributed by atoms with E-state index in [1.165, 1.54) is 21.9 Å². The second kappa shape index (κ2) is 13.8. The molecule has 0 amide bonds. The molecular weight excluding hydrogens is 669 g/mol. The Balaban J connectivity index is 1.19. The van der Waals surface area contributed by atoms with E-state index in [9.17, 15) is 0 Å². The molecular formula is C51H34N4. The maximum atomic E-state index is 5.18. The van der Waals surface area contributed by atoms with Crippen LogP contribution in [0.3, 0.4) is 0 Å². The van der Waals surface area contributed by atoms with Crippen molar-refractivity contribution in [2.75, 3.05) is 0 Å². The van der Waals surface area contributed by atoms with Gasteiger partial charge in [0, 0.05) is 33.0 Å². The maximum absolute atomic E-state index is 5.18. The van der Waals surface area contributed by atoms with Crippen LogP contribution in [0.1, 0.15) is 0 Å². The van der Waals surface area contributed by atoms with Gasteiger partial charge >= 0.3 is 0 Å². The number of nitrogens with zero attached hydrogens (tertiary/aromatic N) is 4. The fourth-order valence-electron chi connectivity index (χ4n) is 7.58. The topological polar surface area (TPSA) is 43.6 Å². The molecule has 2 heterocycles. The van der Waals surface area contributed by atoms with E-state index in [0.717, 1.165) is 55.7 Å². The van der Waals surface area contributed by atoms with E-state index in [-0.39, 0.29) is 0 Å². The highest BCUT2D eigenvalue weighted by atomic mass is 15.0. The van der Waals surface area contributed by atoms with Crippen LogP contribution in [0.4, 0.5) is 0 Å². The molecule has 0 saturated carbocycles. The van der Waals surface area contributed by atoms with Crippen molar-refractivity contribution in [2.24, 2.45) is 0 Å². The third-order valence-electron chi connectivity index (χ3n) is 10.3. The van der Waals surface area contributed by atoms with Crippen LogP contribution in [0.5, 0.6) is 0 Å². The molecule has 55 heavy (non-hydrogen) atoms. The Morgan fingerprint density at radius 3 is 1.38 bits per heavy atom. The molecule has 0 saturated heterocycles. The first-order valence-corrected chi connectivity index (χ1v) is 18.5. The summed E-state index contributed by atoms with van der Waals surface area (Å²) in [6.07, 6.45) is 0. The van der Waals surface area contributed by atoms with Crippen molar-refractivity contribution in [3.8, 4) is 73.2 Å². The molecule has 0 radical (unpaired) electrons. The van der Waals surface area contributed by atoms with Crippen molar-refractivity contribution in [3.05, 3.63) is 206 Å². The average molecular weight is 703 g/mol. The van der Waals surface area contributed by atoms with Crippen LogP contribution in [-0.2, 0) is 0 Å². The lowest BCUT2D eigenvalue weighted by Gasteiger charge is -2.16. The van der Waals surface area contributed by atoms with Crippen molar-refractivity contribution in [1.82, 2.24) is 19.5 Å². The quantitative estimate of drug-likeness (QED) is 0.166. The molecule has 8 aromatic carbocycles. The minimum atomic E-state index is 0.617. The number of para-hydroxylation sites is 1. The van der Waals surface area contributed by atoms with Crippen molar-refractivity contribution >= 4 is 21.8 Å². The lowest BCUT2D eigenvalue weighted by Crippen LogP contribution is -2.02.